The lowest BCUT2D eigenvalue weighted by Crippen LogP contribution is -2.35. The van der Waals surface area contributed by atoms with Crippen molar-refractivity contribution in [1.82, 2.24) is 15.7 Å². The van der Waals surface area contributed by atoms with Gasteiger partial charge in [0.15, 0.2) is 11.5 Å². The number of hydrogen-bond donors (Lipinski definition) is 2. The van der Waals surface area contributed by atoms with Gasteiger partial charge in [0, 0.05) is 5.56 Å². The van der Waals surface area contributed by atoms with Crippen LogP contribution in [0.5, 0.6) is 11.5 Å². The number of carbonyl (C=O) groups excluding carboxylic acids is 2. The summed E-state index contributed by atoms with van der Waals surface area (Å²) in [6, 6.07) is 12.5. The Labute approximate surface area is 171 Å². The molecule has 29 heavy (non-hydrogen) atoms. The van der Waals surface area contributed by atoms with Crippen LogP contribution in [0, 0.1) is 0 Å². The van der Waals surface area contributed by atoms with Crippen LogP contribution < -0.4 is 20.2 Å². The zero-order valence-corrected chi connectivity index (χ0v) is 17.0. The third-order valence-corrected chi connectivity index (χ3v) is 5.15. The zero-order chi connectivity index (χ0) is 20.8. The predicted octanol–water partition coefficient (Wildman–Crippen LogP) is 2.58. The van der Waals surface area contributed by atoms with Crippen molar-refractivity contribution in [3.05, 3.63) is 53.0 Å². The number of amides is 2. The van der Waals surface area contributed by atoms with Gasteiger partial charge in [-0.1, -0.05) is 12.1 Å². The summed E-state index contributed by atoms with van der Waals surface area (Å²) < 4.78 is 11.4. The first kappa shape index (κ1) is 20.3. The lowest BCUT2D eigenvalue weighted by Gasteiger charge is -2.09. The fraction of sp³-hybridized carbons (Fsp3) is 0.200. The Hall–Kier alpha value is -3.46. The van der Waals surface area contributed by atoms with E-state index in [1.54, 1.807) is 25.1 Å². The van der Waals surface area contributed by atoms with E-state index in [9.17, 15) is 9.59 Å². The molecule has 0 saturated carbocycles. The molecule has 0 radical (unpaired) electrons. The van der Waals surface area contributed by atoms with Crippen molar-refractivity contribution < 1.29 is 19.1 Å². The van der Waals surface area contributed by atoms with Crippen LogP contribution in [0.1, 0.15) is 22.3 Å². The summed E-state index contributed by atoms with van der Waals surface area (Å²) in [7, 11) is 3.00. The number of carbonyl (C=O) groups is 2. The Balaban J connectivity index is 1.56. The van der Waals surface area contributed by atoms with Crippen LogP contribution >= 0.6 is 11.3 Å². The van der Waals surface area contributed by atoms with E-state index in [0.29, 0.717) is 22.8 Å². The van der Waals surface area contributed by atoms with E-state index in [1.807, 2.05) is 24.3 Å². The number of methoxy groups -OCH3 is 2. The van der Waals surface area contributed by atoms with Gasteiger partial charge >= 0.3 is 0 Å². The van der Waals surface area contributed by atoms with Crippen LogP contribution in [0.25, 0.3) is 10.2 Å². The second kappa shape index (κ2) is 9.16. The highest BCUT2D eigenvalue weighted by Gasteiger charge is 2.12. The van der Waals surface area contributed by atoms with Crippen molar-refractivity contribution in [2.24, 2.45) is 5.10 Å². The fourth-order valence-corrected chi connectivity index (χ4v) is 3.41. The van der Waals surface area contributed by atoms with Gasteiger partial charge in [0.2, 0.25) is 0 Å². The lowest BCUT2D eigenvalue weighted by molar-refractivity contribution is -0.120. The standard InChI is InChI=1S/C20H20N4O4S/c1-12(20-22-14-6-4-5-7-17(14)29-20)23-24-18(25)11-21-19(26)13-8-9-15(27-2)16(10-13)28-3/h4-10H,11H2,1-3H3,(H,21,26)(H,24,25). The highest BCUT2D eigenvalue weighted by molar-refractivity contribution is 7.20. The number of rotatable bonds is 7. The van der Waals surface area contributed by atoms with Crippen LogP contribution in [0.4, 0.5) is 0 Å². The van der Waals surface area contributed by atoms with Crippen molar-refractivity contribution in [3.8, 4) is 11.5 Å². The van der Waals surface area contributed by atoms with E-state index in [1.165, 1.54) is 25.6 Å². The summed E-state index contributed by atoms with van der Waals surface area (Å²) in [4.78, 5) is 28.7. The van der Waals surface area contributed by atoms with Crippen LogP contribution in [-0.2, 0) is 4.79 Å². The minimum Gasteiger partial charge on any atom is -0.493 e. The molecule has 0 aliphatic carbocycles. The second-order valence-corrected chi connectivity index (χ2v) is 7.00. The van der Waals surface area contributed by atoms with Crippen molar-refractivity contribution in [2.45, 2.75) is 6.92 Å². The summed E-state index contributed by atoms with van der Waals surface area (Å²) >= 11 is 1.49. The molecule has 150 valence electrons. The Morgan fingerprint density at radius 2 is 1.86 bits per heavy atom. The van der Waals surface area contributed by atoms with Crippen LogP contribution in [0.15, 0.2) is 47.6 Å². The third-order valence-electron chi connectivity index (χ3n) is 4.01. The van der Waals surface area contributed by atoms with Crippen LogP contribution in [0.3, 0.4) is 0 Å². The smallest absolute Gasteiger partial charge is 0.259 e. The van der Waals surface area contributed by atoms with Gasteiger partial charge in [-0.05, 0) is 37.3 Å². The monoisotopic (exact) mass is 412 g/mol. The molecule has 1 aromatic heterocycles. The highest BCUT2D eigenvalue weighted by atomic mass is 32.1. The lowest BCUT2D eigenvalue weighted by atomic mass is 10.2. The van der Waals surface area contributed by atoms with Crippen LogP contribution in [0.2, 0.25) is 0 Å². The quantitative estimate of drug-likeness (QED) is 0.459. The third kappa shape index (κ3) is 4.88. The average molecular weight is 412 g/mol. The van der Waals surface area contributed by atoms with Gasteiger partial charge in [0.1, 0.15) is 5.01 Å². The Morgan fingerprint density at radius 3 is 2.59 bits per heavy atom. The normalized spacial score (nSPS) is 11.2. The van der Waals surface area contributed by atoms with Crippen molar-refractivity contribution in [2.75, 3.05) is 20.8 Å². The zero-order valence-electron chi connectivity index (χ0n) is 16.2. The number of ether oxygens (including phenoxy) is 2. The number of nitrogens with one attached hydrogen (secondary N) is 2. The second-order valence-electron chi connectivity index (χ2n) is 5.97. The average Bonchev–Trinajstić information content (AvgIpc) is 3.19. The van der Waals surface area contributed by atoms with Crippen molar-refractivity contribution in [1.29, 1.82) is 0 Å². The van der Waals surface area contributed by atoms with Crippen molar-refractivity contribution >= 4 is 39.1 Å². The summed E-state index contributed by atoms with van der Waals surface area (Å²) in [5.41, 5.74) is 4.25. The Kier molecular flexibility index (Phi) is 6.40. The number of benzene rings is 2. The number of aromatic nitrogens is 1. The van der Waals surface area contributed by atoms with E-state index in [4.69, 9.17) is 9.47 Å². The molecule has 0 saturated heterocycles. The first-order valence-corrected chi connectivity index (χ1v) is 9.52. The number of fused-ring (bicyclic) bond motifs is 1. The maximum atomic E-state index is 12.2. The van der Waals surface area contributed by atoms with Crippen LogP contribution in [-0.4, -0.2) is 43.3 Å². The first-order valence-electron chi connectivity index (χ1n) is 8.71. The molecular weight excluding hydrogens is 392 g/mol. The fourth-order valence-electron chi connectivity index (χ4n) is 2.50. The molecule has 0 fully saturated rings. The molecule has 2 aromatic carbocycles. The molecule has 2 amide bonds. The minimum atomic E-state index is -0.445. The molecular formula is C20H20N4O4S. The molecule has 2 N–H and O–H groups in total. The largest absolute Gasteiger partial charge is 0.493 e. The summed E-state index contributed by atoms with van der Waals surface area (Å²) in [6.45, 7) is 1.55. The van der Waals surface area contributed by atoms with E-state index < -0.39 is 11.8 Å². The molecule has 3 aromatic rings. The van der Waals surface area contributed by atoms with E-state index in [0.717, 1.165) is 15.2 Å². The predicted molar refractivity (Wildman–Crippen MR) is 112 cm³/mol. The molecule has 0 atom stereocenters. The maximum Gasteiger partial charge on any atom is 0.259 e. The number of thiazole rings is 1. The van der Waals surface area contributed by atoms with Gasteiger partial charge in [-0.25, -0.2) is 10.4 Å². The number of hydrazone groups is 1. The molecule has 8 nitrogen and oxygen atoms in total. The summed E-state index contributed by atoms with van der Waals surface area (Å²) in [5, 5.41) is 7.33. The molecule has 9 heteroatoms. The molecule has 0 bridgehead atoms. The number of hydrogen-bond acceptors (Lipinski definition) is 7. The van der Waals surface area contributed by atoms with Gasteiger partial charge in [-0.3, -0.25) is 9.59 Å². The number of para-hydroxylation sites is 1. The first-order chi connectivity index (χ1) is 14.0. The summed E-state index contributed by atoms with van der Waals surface area (Å²) in [5.74, 6) is 0.0920. The van der Waals surface area contributed by atoms with Gasteiger partial charge in [-0.15, -0.1) is 11.3 Å². The van der Waals surface area contributed by atoms with Gasteiger partial charge in [0.05, 0.1) is 36.7 Å². The van der Waals surface area contributed by atoms with Gasteiger partial charge in [-0.2, -0.15) is 5.10 Å². The molecule has 0 aliphatic rings. The maximum absolute atomic E-state index is 12.2. The number of nitrogens with zero attached hydrogens (tertiary/aromatic N) is 2. The highest BCUT2D eigenvalue weighted by Crippen LogP contribution is 2.27. The molecule has 1 heterocycles. The minimum absolute atomic E-state index is 0.218. The van der Waals surface area contributed by atoms with E-state index in [-0.39, 0.29) is 6.54 Å². The SMILES string of the molecule is COc1ccc(C(=O)NCC(=O)NN=C(C)c2nc3ccccc3s2)cc1OC. The van der Waals surface area contributed by atoms with Crippen molar-refractivity contribution in [3.63, 3.8) is 0 Å². The molecule has 0 aliphatic heterocycles. The van der Waals surface area contributed by atoms with Gasteiger partial charge < -0.3 is 14.8 Å². The molecule has 0 unspecified atom stereocenters. The Bertz CT molecular complexity index is 1040. The van der Waals surface area contributed by atoms with Gasteiger partial charge in [0.25, 0.3) is 11.8 Å². The topological polar surface area (TPSA) is 102 Å². The Morgan fingerprint density at radius 1 is 1.10 bits per heavy atom. The molecule has 3 rings (SSSR count). The van der Waals surface area contributed by atoms with E-state index in [2.05, 4.69) is 20.8 Å². The van der Waals surface area contributed by atoms with E-state index >= 15 is 0 Å². The summed E-state index contributed by atoms with van der Waals surface area (Å²) in [6.07, 6.45) is 0. The molecule has 0 spiro atoms.